The van der Waals surface area contributed by atoms with Gasteiger partial charge in [0.2, 0.25) is 0 Å². The summed E-state index contributed by atoms with van der Waals surface area (Å²) in [6.45, 7) is 3.79. The maximum Gasteiger partial charge on any atom is 0.318 e. The van der Waals surface area contributed by atoms with Crippen molar-refractivity contribution in [3.8, 4) is 11.5 Å². The highest BCUT2D eigenvalue weighted by atomic mass is 16.4. The van der Waals surface area contributed by atoms with Crippen molar-refractivity contribution in [3.05, 3.63) is 66.6 Å². The Morgan fingerprint density at radius 1 is 0.909 bits per heavy atom. The predicted octanol–water partition coefficient (Wildman–Crippen LogP) is 3.47. The average Bonchev–Trinajstić information content (AvgIpc) is 2.50. The highest BCUT2D eigenvalue weighted by molar-refractivity contribution is 5.86. The van der Waals surface area contributed by atoms with E-state index in [1.807, 2.05) is 0 Å². The lowest BCUT2D eigenvalue weighted by Crippen LogP contribution is -2.37. The van der Waals surface area contributed by atoms with Crippen LogP contribution < -0.4 is 0 Å². The maximum absolute atomic E-state index is 12.2. The number of phenols is 2. The maximum atomic E-state index is 12.2. The summed E-state index contributed by atoms with van der Waals surface area (Å²) in [4.78, 5) is 12.2. The zero-order valence-corrected chi connectivity index (χ0v) is 12.2. The molecule has 3 N–H and O–H groups in total. The summed E-state index contributed by atoms with van der Waals surface area (Å²) in [5.74, 6) is -0.783. The molecular weight excluding hydrogens is 280 g/mol. The van der Waals surface area contributed by atoms with Gasteiger partial charge in [0.15, 0.2) is 0 Å². The van der Waals surface area contributed by atoms with Crippen LogP contribution in [0.25, 0.3) is 0 Å². The second-order valence-corrected chi connectivity index (χ2v) is 5.26. The molecule has 0 fully saturated rings. The molecule has 0 aliphatic rings. The molecule has 115 valence electrons. The Hall–Kier alpha value is -2.49. The quantitative estimate of drug-likeness (QED) is 0.763. The Labute approximate surface area is 129 Å². The number of carbonyl (C=O) groups is 1. The molecule has 4 nitrogen and oxygen atoms in total. The van der Waals surface area contributed by atoms with Gasteiger partial charge >= 0.3 is 5.97 Å². The number of aliphatic carboxylic acids is 1. The number of carboxylic acid groups (broad SMARTS) is 1. The molecule has 0 amide bonds. The Morgan fingerprint density at radius 3 is 1.64 bits per heavy atom. The molecule has 0 saturated heterocycles. The normalized spacial score (nSPS) is 11.3. The number of phenolic OH excluding ortho intramolecular Hbond substituents is 2. The van der Waals surface area contributed by atoms with E-state index in [1.165, 1.54) is 24.3 Å². The van der Waals surface area contributed by atoms with E-state index in [0.29, 0.717) is 30.4 Å². The third kappa shape index (κ3) is 2.91. The van der Waals surface area contributed by atoms with E-state index in [0.717, 1.165) is 0 Å². The fourth-order valence-electron chi connectivity index (χ4n) is 2.69. The van der Waals surface area contributed by atoms with Crippen molar-refractivity contribution in [1.82, 2.24) is 0 Å². The number of unbranched alkanes of at least 4 members (excludes halogenated alkanes) is 1. The third-order valence-corrected chi connectivity index (χ3v) is 3.89. The molecule has 0 atom stereocenters. The van der Waals surface area contributed by atoms with Gasteiger partial charge in [-0.2, -0.15) is 0 Å². The number of hydrogen-bond acceptors (Lipinski definition) is 3. The molecule has 4 heteroatoms. The summed E-state index contributed by atoms with van der Waals surface area (Å²) in [5, 5.41) is 28.9. The molecule has 2 aromatic carbocycles. The van der Waals surface area contributed by atoms with Crippen molar-refractivity contribution in [2.45, 2.75) is 24.7 Å². The van der Waals surface area contributed by atoms with Crippen LogP contribution in [-0.2, 0) is 10.2 Å². The van der Waals surface area contributed by atoms with Crippen LogP contribution in [0.1, 0.15) is 30.4 Å². The van der Waals surface area contributed by atoms with E-state index in [9.17, 15) is 20.1 Å². The van der Waals surface area contributed by atoms with E-state index in [2.05, 4.69) is 6.92 Å². The standard InChI is InChI=1S/C18H19O4/c1-2-3-12-18(17(21)22,13-4-8-15(19)9-5-13)14-6-10-16(20)11-7-14/h4-11,19-20H,1-3,12H2,(H,21,22). The molecule has 0 spiro atoms. The van der Waals surface area contributed by atoms with Gasteiger partial charge in [0, 0.05) is 0 Å². The van der Waals surface area contributed by atoms with Crippen molar-refractivity contribution in [1.29, 1.82) is 0 Å². The van der Waals surface area contributed by atoms with E-state index < -0.39 is 11.4 Å². The van der Waals surface area contributed by atoms with Gasteiger partial charge in [-0.25, -0.2) is 0 Å². The van der Waals surface area contributed by atoms with Crippen LogP contribution in [0.2, 0.25) is 0 Å². The summed E-state index contributed by atoms with van der Waals surface area (Å²) in [6.07, 6.45) is 1.67. The predicted molar refractivity (Wildman–Crippen MR) is 83.8 cm³/mol. The molecule has 22 heavy (non-hydrogen) atoms. The van der Waals surface area contributed by atoms with Crippen LogP contribution in [0.15, 0.2) is 48.5 Å². The van der Waals surface area contributed by atoms with Crippen LogP contribution in [0.4, 0.5) is 0 Å². The Balaban J connectivity index is 2.62. The highest BCUT2D eigenvalue weighted by Gasteiger charge is 2.41. The van der Waals surface area contributed by atoms with Gasteiger partial charge in [-0.1, -0.05) is 44.0 Å². The van der Waals surface area contributed by atoms with E-state index in [4.69, 9.17) is 0 Å². The first-order chi connectivity index (χ1) is 10.5. The number of benzene rings is 2. The SMILES string of the molecule is [CH2]CCCC(C(=O)O)(c1ccc(O)cc1)c1ccc(O)cc1. The van der Waals surface area contributed by atoms with E-state index in [1.54, 1.807) is 24.3 Å². The highest BCUT2D eigenvalue weighted by Crippen LogP contribution is 2.38. The molecule has 0 aliphatic carbocycles. The molecule has 0 heterocycles. The topological polar surface area (TPSA) is 77.8 Å². The monoisotopic (exact) mass is 299 g/mol. The Bertz CT molecular complexity index is 584. The number of rotatable bonds is 6. The minimum Gasteiger partial charge on any atom is -0.508 e. The molecule has 1 radical (unpaired) electrons. The third-order valence-electron chi connectivity index (χ3n) is 3.89. The zero-order valence-electron chi connectivity index (χ0n) is 12.2. The van der Waals surface area contributed by atoms with Gasteiger partial charge in [0.25, 0.3) is 0 Å². The average molecular weight is 299 g/mol. The fourth-order valence-corrected chi connectivity index (χ4v) is 2.69. The molecule has 0 bridgehead atoms. The minimum absolute atomic E-state index is 0.0888. The Kier molecular flexibility index (Phi) is 4.71. The summed E-state index contributed by atoms with van der Waals surface area (Å²) in [7, 11) is 0. The summed E-state index contributed by atoms with van der Waals surface area (Å²) < 4.78 is 0. The van der Waals surface area contributed by atoms with Gasteiger partial charge in [-0.15, -0.1) is 0 Å². The van der Waals surface area contributed by atoms with Gasteiger partial charge in [-0.05, 0) is 41.8 Å². The van der Waals surface area contributed by atoms with Crippen molar-refractivity contribution in [3.63, 3.8) is 0 Å². The van der Waals surface area contributed by atoms with Crippen molar-refractivity contribution >= 4 is 5.97 Å². The number of hydrogen-bond donors (Lipinski definition) is 3. The van der Waals surface area contributed by atoms with Gasteiger partial charge in [0.05, 0.1) is 0 Å². The van der Waals surface area contributed by atoms with Crippen LogP contribution in [0.5, 0.6) is 11.5 Å². The largest absolute Gasteiger partial charge is 0.508 e. The summed E-state index contributed by atoms with van der Waals surface area (Å²) in [5.41, 5.74) is -0.0343. The minimum atomic E-state index is -1.22. The van der Waals surface area contributed by atoms with Crippen LogP contribution in [0.3, 0.4) is 0 Å². The van der Waals surface area contributed by atoms with E-state index >= 15 is 0 Å². The van der Waals surface area contributed by atoms with Gasteiger partial charge in [-0.3, -0.25) is 4.79 Å². The molecule has 0 aliphatic heterocycles. The molecule has 0 unspecified atom stereocenters. The zero-order chi connectivity index (χ0) is 16.2. The first-order valence-corrected chi connectivity index (χ1v) is 7.12. The van der Waals surface area contributed by atoms with Gasteiger partial charge in [0.1, 0.15) is 16.9 Å². The molecular formula is C18H19O4. The molecule has 0 aromatic heterocycles. The number of carboxylic acids is 1. The second-order valence-electron chi connectivity index (χ2n) is 5.26. The first-order valence-electron chi connectivity index (χ1n) is 7.12. The van der Waals surface area contributed by atoms with Crippen molar-refractivity contribution < 1.29 is 20.1 Å². The van der Waals surface area contributed by atoms with Crippen LogP contribution >= 0.6 is 0 Å². The first kappa shape index (κ1) is 15.9. The second kappa shape index (κ2) is 6.52. The van der Waals surface area contributed by atoms with E-state index in [-0.39, 0.29) is 11.5 Å². The fraction of sp³-hybridized carbons (Fsp3) is 0.222. The molecule has 2 aromatic rings. The van der Waals surface area contributed by atoms with Crippen LogP contribution in [0, 0.1) is 6.92 Å². The number of aromatic hydroxyl groups is 2. The smallest absolute Gasteiger partial charge is 0.318 e. The Morgan fingerprint density at radius 2 is 1.32 bits per heavy atom. The lowest BCUT2D eigenvalue weighted by Gasteiger charge is -2.31. The lowest BCUT2D eigenvalue weighted by atomic mass is 9.71. The summed E-state index contributed by atoms with van der Waals surface area (Å²) >= 11 is 0. The van der Waals surface area contributed by atoms with Crippen molar-refractivity contribution in [2.24, 2.45) is 0 Å². The van der Waals surface area contributed by atoms with Crippen LogP contribution in [-0.4, -0.2) is 21.3 Å². The lowest BCUT2D eigenvalue weighted by molar-refractivity contribution is -0.142. The molecule has 0 saturated carbocycles. The van der Waals surface area contributed by atoms with Crippen molar-refractivity contribution in [2.75, 3.05) is 0 Å². The molecule has 2 rings (SSSR count). The summed E-state index contributed by atoms with van der Waals surface area (Å²) in [6, 6.07) is 12.4. The van der Waals surface area contributed by atoms with Gasteiger partial charge < -0.3 is 15.3 Å².